The highest BCUT2D eigenvalue weighted by Gasteiger charge is 2.23. The predicted molar refractivity (Wildman–Crippen MR) is 89.0 cm³/mol. The first-order valence-corrected chi connectivity index (χ1v) is 8.17. The van der Waals surface area contributed by atoms with Crippen LogP contribution < -0.4 is 9.47 Å². The van der Waals surface area contributed by atoms with Crippen LogP contribution in [0, 0.1) is 6.92 Å². The number of aryl methyl sites for hydroxylation is 1. The molecule has 6 nitrogen and oxygen atoms in total. The summed E-state index contributed by atoms with van der Waals surface area (Å²) in [6.45, 7) is 5.66. The van der Waals surface area contributed by atoms with E-state index in [-0.39, 0.29) is 5.91 Å². The van der Waals surface area contributed by atoms with Crippen LogP contribution in [0.5, 0.6) is 11.5 Å². The summed E-state index contributed by atoms with van der Waals surface area (Å²) in [6.07, 6.45) is 1.54. The van der Waals surface area contributed by atoms with Gasteiger partial charge in [0.15, 0.2) is 11.5 Å². The Balaban J connectivity index is 1.85. The summed E-state index contributed by atoms with van der Waals surface area (Å²) in [5.74, 6) is 2.77. The highest BCUT2D eigenvalue weighted by Crippen LogP contribution is 2.33. The van der Waals surface area contributed by atoms with E-state index >= 15 is 0 Å². The van der Waals surface area contributed by atoms with Gasteiger partial charge in [-0.2, -0.15) is 0 Å². The van der Waals surface area contributed by atoms with E-state index in [1.165, 1.54) is 0 Å². The number of benzene rings is 1. The third-order valence-corrected chi connectivity index (χ3v) is 4.12. The molecule has 1 aromatic heterocycles. The van der Waals surface area contributed by atoms with Crippen molar-refractivity contribution in [2.75, 3.05) is 20.3 Å². The summed E-state index contributed by atoms with van der Waals surface area (Å²) in [7, 11) is 1.60. The number of likely N-dealkylation sites (tertiary alicyclic amines) is 1. The molecule has 1 fully saturated rings. The molecule has 0 unspecified atom stereocenters. The molecule has 1 amide bonds. The number of carbonyl (C=O) groups excluding carboxylic acids is 1. The van der Waals surface area contributed by atoms with E-state index < -0.39 is 0 Å². The minimum Gasteiger partial charge on any atom is -0.493 e. The summed E-state index contributed by atoms with van der Waals surface area (Å²) in [5.41, 5.74) is 1.62. The minimum atomic E-state index is 0.182. The van der Waals surface area contributed by atoms with Gasteiger partial charge in [-0.15, -0.1) is 0 Å². The molecule has 6 heteroatoms. The molecule has 0 atom stereocenters. The lowest BCUT2D eigenvalue weighted by Gasteiger charge is -2.13. The molecule has 0 N–H and O–H groups in total. The Hall–Kier alpha value is -2.50. The standard InChI is InChI=1S/C18H22N2O4/c1-4-23-15-8-7-13(10-16(15)22-3)18-19-14(12(2)24-18)11-20-9-5-6-17(20)21/h7-8,10H,4-6,9,11H2,1-3H3. The molecule has 1 saturated heterocycles. The van der Waals surface area contributed by atoms with Crippen LogP contribution >= 0.6 is 0 Å². The number of hydrogen-bond donors (Lipinski definition) is 0. The molecule has 0 bridgehead atoms. The molecule has 2 aromatic rings. The Labute approximate surface area is 141 Å². The topological polar surface area (TPSA) is 64.8 Å². The third-order valence-electron chi connectivity index (χ3n) is 4.12. The van der Waals surface area contributed by atoms with Gasteiger partial charge in [0.25, 0.3) is 0 Å². The van der Waals surface area contributed by atoms with Crippen LogP contribution in [0.4, 0.5) is 0 Å². The molecule has 2 heterocycles. The molecule has 1 aliphatic rings. The van der Waals surface area contributed by atoms with Crippen LogP contribution in [0.25, 0.3) is 11.5 Å². The number of ether oxygens (including phenoxy) is 2. The van der Waals surface area contributed by atoms with Gasteiger partial charge in [-0.25, -0.2) is 4.98 Å². The molecule has 3 rings (SSSR count). The van der Waals surface area contributed by atoms with Crippen molar-refractivity contribution in [1.82, 2.24) is 9.88 Å². The number of aromatic nitrogens is 1. The van der Waals surface area contributed by atoms with Gasteiger partial charge in [0.05, 0.1) is 20.3 Å². The lowest BCUT2D eigenvalue weighted by atomic mass is 10.2. The van der Waals surface area contributed by atoms with E-state index in [9.17, 15) is 4.79 Å². The zero-order valence-electron chi connectivity index (χ0n) is 14.3. The SMILES string of the molecule is CCOc1ccc(-c2nc(CN3CCCC3=O)c(C)o2)cc1OC. The van der Waals surface area contributed by atoms with Gasteiger partial charge in [0.2, 0.25) is 11.8 Å². The summed E-state index contributed by atoms with van der Waals surface area (Å²) in [6, 6.07) is 5.59. The van der Waals surface area contributed by atoms with Crippen LogP contribution in [-0.4, -0.2) is 36.1 Å². The van der Waals surface area contributed by atoms with E-state index in [1.54, 1.807) is 7.11 Å². The van der Waals surface area contributed by atoms with Crippen LogP contribution in [0.3, 0.4) is 0 Å². The molecule has 0 aliphatic carbocycles. The van der Waals surface area contributed by atoms with Crippen molar-refractivity contribution in [3.8, 4) is 23.0 Å². The molecule has 0 radical (unpaired) electrons. The fourth-order valence-electron chi connectivity index (χ4n) is 2.83. The first kappa shape index (κ1) is 16.4. The highest BCUT2D eigenvalue weighted by molar-refractivity contribution is 5.78. The van der Waals surface area contributed by atoms with Crippen molar-refractivity contribution in [1.29, 1.82) is 0 Å². The highest BCUT2D eigenvalue weighted by atomic mass is 16.5. The quantitative estimate of drug-likeness (QED) is 0.814. The Morgan fingerprint density at radius 2 is 2.17 bits per heavy atom. The second-order valence-corrected chi connectivity index (χ2v) is 5.74. The number of rotatable bonds is 6. The van der Waals surface area contributed by atoms with Crippen LogP contribution in [0.1, 0.15) is 31.2 Å². The van der Waals surface area contributed by atoms with E-state index in [4.69, 9.17) is 13.9 Å². The lowest BCUT2D eigenvalue weighted by Crippen LogP contribution is -2.24. The van der Waals surface area contributed by atoms with Gasteiger partial charge < -0.3 is 18.8 Å². The van der Waals surface area contributed by atoms with Crippen molar-refractivity contribution in [2.24, 2.45) is 0 Å². The Morgan fingerprint density at radius 3 is 2.83 bits per heavy atom. The summed E-state index contributed by atoms with van der Waals surface area (Å²) >= 11 is 0. The smallest absolute Gasteiger partial charge is 0.226 e. The second kappa shape index (κ2) is 6.95. The van der Waals surface area contributed by atoms with Gasteiger partial charge in [-0.1, -0.05) is 0 Å². The second-order valence-electron chi connectivity index (χ2n) is 5.74. The number of amides is 1. The third kappa shape index (κ3) is 3.22. The van der Waals surface area contributed by atoms with Gasteiger partial charge in [0.1, 0.15) is 11.5 Å². The van der Waals surface area contributed by atoms with Crippen LogP contribution in [-0.2, 0) is 11.3 Å². The van der Waals surface area contributed by atoms with Gasteiger partial charge >= 0.3 is 0 Å². The van der Waals surface area contributed by atoms with E-state index in [1.807, 2.05) is 36.9 Å². The summed E-state index contributed by atoms with van der Waals surface area (Å²) in [4.78, 5) is 18.2. The Morgan fingerprint density at radius 1 is 1.33 bits per heavy atom. The molecule has 1 aliphatic heterocycles. The molecular weight excluding hydrogens is 308 g/mol. The Bertz CT molecular complexity index is 739. The monoisotopic (exact) mass is 330 g/mol. The first-order chi connectivity index (χ1) is 11.6. The molecule has 24 heavy (non-hydrogen) atoms. The van der Waals surface area contributed by atoms with Crippen molar-refractivity contribution in [2.45, 2.75) is 33.2 Å². The summed E-state index contributed by atoms with van der Waals surface area (Å²) < 4.78 is 16.7. The number of hydrogen-bond acceptors (Lipinski definition) is 5. The molecule has 0 spiro atoms. The number of carbonyl (C=O) groups is 1. The summed E-state index contributed by atoms with van der Waals surface area (Å²) in [5, 5.41) is 0. The molecule has 1 aromatic carbocycles. The van der Waals surface area contributed by atoms with Gasteiger partial charge in [0, 0.05) is 18.5 Å². The lowest BCUT2D eigenvalue weighted by molar-refractivity contribution is -0.128. The minimum absolute atomic E-state index is 0.182. The van der Waals surface area contributed by atoms with Crippen LogP contribution in [0.15, 0.2) is 22.6 Å². The largest absolute Gasteiger partial charge is 0.493 e. The fourth-order valence-corrected chi connectivity index (χ4v) is 2.83. The fraction of sp³-hybridized carbons (Fsp3) is 0.444. The van der Waals surface area contributed by atoms with Crippen molar-refractivity contribution in [3.05, 3.63) is 29.7 Å². The first-order valence-electron chi connectivity index (χ1n) is 8.17. The van der Waals surface area contributed by atoms with E-state index in [2.05, 4.69) is 4.98 Å². The zero-order chi connectivity index (χ0) is 17.1. The maximum atomic E-state index is 11.8. The Kier molecular flexibility index (Phi) is 4.74. The number of nitrogens with zero attached hydrogens (tertiary/aromatic N) is 2. The predicted octanol–water partition coefficient (Wildman–Crippen LogP) is 3.18. The maximum absolute atomic E-state index is 11.8. The number of oxazole rings is 1. The van der Waals surface area contributed by atoms with Crippen LogP contribution in [0.2, 0.25) is 0 Å². The molecule has 0 saturated carbocycles. The normalized spacial score (nSPS) is 14.3. The van der Waals surface area contributed by atoms with Gasteiger partial charge in [-0.3, -0.25) is 4.79 Å². The average Bonchev–Trinajstić information content (AvgIpc) is 3.15. The van der Waals surface area contributed by atoms with Crippen molar-refractivity contribution >= 4 is 5.91 Å². The molecular formula is C18H22N2O4. The van der Waals surface area contributed by atoms with Crippen molar-refractivity contribution < 1.29 is 18.7 Å². The molecule has 128 valence electrons. The maximum Gasteiger partial charge on any atom is 0.226 e. The average molecular weight is 330 g/mol. The van der Waals surface area contributed by atoms with Crippen molar-refractivity contribution in [3.63, 3.8) is 0 Å². The van der Waals surface area contributed by atoms with E-state index in [0.29, 0.717) is 37.0 Å². The van der Waals surface area contributed by atoms with E-state index in [0.717, 1.165) is 30.0 Å². The zero-order valence-corrected chi connectivity index (χ0v) is 14.3. The van der Waals surface area contributed by atoms with Gasteiger partial charge in [-0.05, 0) is 38.5 Å². The number of methoxy groups -OCH3 is 1.